The molecule has 0 amide bonds. The van der Waals surface area contributed by atoms with Crippen LogP contribution < -0.4 is 0 Å². The van der Waals surface area contributed by atoms with Crippen molar-refractivity contribution in [2.75, 3.05) is 0 Å². The number of H-pyrrole nitrogens is 1. The smallest absolute Gasteiger partial charge is 0.181 e. The topological polar surface area (TPSA) is 46.5 Å². The van der Waals surface area contributed by atoms with E-state index in [-0.39, 0.29) is 5.41 Å². The van der Waals surface area contributed by atoms with Crippen LogP contribution >= 0.6 is 0 Å². The van der Waals surface area contributed by atoms with Gasteiger partial charge >= 0.3 is 0 Å². The summed E-state index contributed by atoms with van der Waals surface area (Å²) in [4.78, 5) is 4.86. The highest BCUT2D eigenvalue weighted by molar-refractivity contribution is 6.18. The molecule has 4 nitrogen and oxygen atoms in total. The Morgan fingerprint density at radius 2 is 1.31 bits per heavy atom. The van der Waals surface area contributed by atoms with E-state index in [1.54, 1.807) is 0 Å². The molecular formula is C41H30N4. The highest BCUT2D eigenvalue weighted by Crippen LogP contribution is 2.53. The van der Waals surface area contributed by atoms with Gasteiger partial charge in [-0.25, -0.2) is 4.98 Å². The minimum Gasteiger partial charge on any atom is -0.309 e. The maximum atomic E-state index is 4.86. The van der Waals surface area contributed by atoms with Gasteiger partial charge in [-0.1, -0.05) is 129 Å². The lowest BCUT2D eigenvalue weighted by molar-refractivity contribution is 0.661. The number of benzene rings is 6. The molecule has 6 aromatic carbocycles. The summed E-state index contributed by atoms with van der Waals surface area (Å²) < 4.78 is 2.42. The molecule has 0 atom stereocenters. The van der Waals surface area contributed by atoms with Crippen LogP contribution in [0.5, 0.6) is 0 Å². The zero-order chi connectivity index (χ0) is 30.1. The minimum absolute atomic E-state index is 0.0689. The summed E-state index contributed by atoms with van der Waals surface area (Å²) in [5, 5.41) is 10.3. The van der Waals surface area contributed by atoms with Crippen LogP contribution in [0, 0.1) is 0 Å². The molecule has 0 radical (unpaired) electrons. The summed E-state index contributed by atoms with van der Waals surface area (Å²) in [5.74, 6) is 1.44. The van der Waals surface area contributed by atoms with Crippen LogP contribution in [-0.4, -0.2) is 19.7 Å². The Balaban J connectivity index is 1.31. The average Bonchev–Trinajstić information content (AvgIpc) is 3.78. The molecule has 0 saturated heterocycles. The number of hydrogen-bond donors (Lipinski definition) is 1. The number of hydrogen-bond acceptors (Lipinski definition) is 2. The molecule has 0 unspecified atom stereocenters. The second kappa shape index (κ2) is 9.63. The molecule has 0 aliphatic heterocycles. The Bertz CT molecular complexity index is 2390. The largest absolute Gasteiger partial charge is 0.309 e. The Kier molecular flexibility index (Phi) is 5.51. The Labute approximate surface area is 261 Å². The molecule has 214 valence electrons. The van der Waals surface area contributed by atoms with Crippen molar-refractivity contribution in [2.45, 2.75) is 19.3 Å². The van der Waals surface area contributed by atoms with Crippen molar-refractivity contribution >= 4 is 21.8 Å². The molecule has 4 heteroatoms. The van der Waals surface area contributed by atoms with Crippen LogP contribution in [0.2, 0.25) is 0 Å². The van der Waals surface area contributed by atoms with E-state index in [4.69, 9.17) is 4.98 Å². The number of fused-ring (bicyclic) bond motifs is 7. The van der Waals surface area contributed by atoms with E-state index in [0.29, 0.717) is 5.82 Å². The number of nitrogens with zero attached hydrogens (tertiary/aromatic N) is 3. The van der Waals surface area contributed by atoms with Crippen LogP contribution in [-0.2, 0) is 5.41 Å². The molecular weight excluding hydrogens is 548 g/mol. The number of rotatable bonds is 4. The summed E-state index contributed by atoms with van der Waals surface area (Å²) in [6.07, 6.45) is 0. The predicted octanol–water partition coefficient (Wildman–Crippen LogP) is 10.2. The molecule has 0 fully saturated rings. The van der Waals surface area contributed by atoms with E-state index in [1.165, 1.54) is 55.2 Å². The lowest BCUT2D eigenvalue weighted by Gasteiger charge is -2.21. The van der Waals surface area contributed by atoms with Crippen molar-refractivity contribution in [3.8, 4) is 50.7 Å². The molecule has 45 heavy (non-hydrogen) atoms. The zero-order valence-corrected chi connectivity index (χ0v) is 25.1. The van der Waals surface area contributed by atoms with E-state index >= 15 is 0 Å². The van der Waals surface area contributed by atoms with Crippen molar-refractivity contribution < 1.29 is 0 Å². The first-order valence-corrected chi connectivity index (χ1v) is 15.4. The van der Waals surface area contributed by atoms with Gasteiger partial charge in [0.05, 0.1) is 11.0 Å². The highest BCUT2D eigenvalue weighted by atomic mass is 15.2. The maximum absolute atomic E-state index is 4.86. The molecule has 9 rings (SSSR count). The lowest BCUT2D eigenvalue weighted by Crippen LogP contribution is -2.14. The van der Waals surface area contributed by atoms with Crippen LogP contribution in [0.4, 0.5) is 0 Å². The summed E-state index contributed by atoms with van der Waals surface area (Å²) >= 11 is 0. The van der Waals surface area contributed by atoms with E-state index in [9.17, 15) is 0 Å². The Hall–Kier alpha value is -5.74. The third-order valence-corrected chi connectivity index (χ3v) is 9.48. The van der Waals surface area contributed by atoms with Crippen molar-refractivity contribution in [2.24, 2.45) is 0 Å². The first kappa shape index (κ1) is 25.7. The van der Waals surface area contributed by atoms with Crippen molar-refractivity contribution in [1.29, 1.82) is 0 Å². The van der Waals surface area contributed by atoms with Gasteiger partial charge in [-0.05, 0) is 57.6 Å². The van der Waals surface area contributed by atoms with Crippen LogP contribution in [0.1, 0.15) is 25.0 Å². The fraction of sp³-hybridized carbons (Fsp3) is 0.0732. The maximum Gasteiger partial charge on any atom is 0.181 e. The van der Waals surface area contributed by atoms with E-state index in [2.05, 4.69) is 138 Å². The Morgan fingerprint density at radius 1 is 0.578 bits per heavy atom. The SMILES string of the molecule is CC1(C)c2ccccc2-c2c1ccc1c2c2ccc(-c3ccccc3)cc2n1-c1cccc(-c2n[nH]c(-c3ccccc3)n2)c1. The second-order valence-electron chi connectivity index (χ2n) is 12.4. The van der Waals surface area contributed by atoms with Crippen molar-refractivity contribution in [1.82, 2.24) is 19.7 Å². The summed E-state index contributed by atoms with van der Waals surface area (Å²) in [7, 11) is 0. The highest BCUT2D eigenvalue weighted by Gasteiger charge is 2.37. The molecule has 2 aromatic heterocycles. The third kappa shape index (κ3) is 3.85. The normalized spacial score (nSPS) is 13.3. The zero-order valence-electron chi connectivity index (χ0n) is 25.1. The average molecular weight is 579 g/mol. The van der Waals surface area contributed by atoms with Crippen molar-refractivity contribution in [3.05, 3.63) is 151 Å². The van der Waals surface area contributed by atoms with E-state index < -0.39 is 0 Å². The molecule has 0 spiro atoms. The lowest BCUT2D eigenvalue weighted by atomic mass is 9.82. The summed E-state index contributed by atoms with van der Waals surface area (Å²) in [6.45, 7) is 4.69. The monoisotopic (exact) mass is 578 g/mol. The molecule has 0 bridgehead atoms. The van der Waals surface area contributed by atoms with Crippen LogP contribution in [0.15, 0.2) is 140 Å². The van der Waals surface area contributed by atoms with Gasteiger partial charge in [0, 0.05) is 33.0 Å². The second-order valence-corrected chi connectivity index (χ2v) is 12.4. The van der Waals surface area contributed by atoms with Gasteiger partial charge in [-0.2, -0.15) is 5.10 Å². The number of aromatic nitrogens is 4. The molecule has 8 aromatic rings. The van der Waals surface area contributed by atoms with Gasteiger partial charge < -0.3 is 4.57 Å². The van der Waals surface area contributed by atoms with Gasteiger partial charge in [-0.3, -0.25) is 5.10 Å². The third-order valence-electron chi connectivity index (χ3n) is 9.48. The minimum atomic E-state index is -0.0689. The van der Waals surface area contributed by atoms with Gasteiger partial charge in [0.25, 0.3) is 0 Å². The van der Waals surface area contributed by atoms with Crippen molar-refractivity contribution in [3.63, 3.8) is 0 Å². The summed E-state index contributed by atoms with van der Waals surface area (Å²) in [6, 6.07) is 49.8. The summed E-state index contributed by atoms with van der Waals surface area (Å²) in [5.41, 5.74) is 13.2. The number of nitrogens with one attached hydrogen (secondary N) is 1. The first-order valence-electron chi connectivity index (χ1n) is 15.4. The van der Waals surface area contributed by atoms with Crippen LogP contribution in [0.25, 0.3) is 72.5 Å². The molecule has 2 heterocycles. The molecule has 1 aliphatic rings. The Morgan fingerprint density at radius 3 is 2.13 bits per heavy atom. The standard InChI is InChI=1S/C41H30N4/c1-41(2)33-19-10-9-18-31(33)37-34(41)22-23-35-38(37)32-21-20-28(26-12-5-3-6-13-26)25-36(32)45(35)30-17-11-16-29(24-30)40-42-39(43-44-40)27-14-7-4-8-15-27/h3-25H,1-2H3,(H,42,43,44). The van der Waals surface area contributed by atoms with Gasteiger partial charge in [-0.15, -0.1) is 0 Å². The number of aromatic amines is 1. The van der Waals surface area contributed by atoms with Crippen LogP contribution in [0.3, 0.4) is 0 Å². The first-order chi connectivity index (χ1) is 22.1. The van der Waals surface area contributed by atoms with Gasteiger partial charge in [0.15, 0.2) is 11.6 Å². The molecule has 1 N–H and O–H groups in total. The molecule has 0 saturated carbocycles. The van der Waals surface area contributed by atoms with Gasteiger partial charge in [0.1, 0.15) is 0 Å². The molecule has 1 aliphatic carbocycles. The fourth-order valence-corrected chi connectivity index (χ4v) is 7.29. The van der Waals surface area contributed by atoms with E-state index in [1.807, 2.05) is 30.3 Å². The fourth-order valence-electron chi connectivity index (χ4n) is 7.29. The predicted molar refractivity (Wildman–Crippen MR) is 185 cm³/mol. The van der Waals surface area contributed by atoms with Gasteiger partial charge in [0.2, 0.25) is 0 Å². The van der Waals surface area contributed by atoms with E-state index in [0.717, 1.165) is 22.6 Å². The quantitative estimate of drug-likeness (QED) is 0.226.